The summed E-state index contributed by atoms with van der Waals surface area (Å²) in [6.07, 6.45) is 8.31. The first-order chi connectivity index (χ1) is 7.75. The molecule has 1 aromatic carbocycles. The molecule has 0 saturated heterocycles. The Morgan fingerprint density at radius 1 is 1.19 bits per heavy atom. The third kappa shape index (κ3) is 2.15. The molecule has 1 heteroatoms. The van der Waals surface area contributed by atoms with Crippen molar-refractivity contribution in [1.82, 2.24) is 0 Å². The van der Waals surface area contributed by atoms with E-state index in [9.17, 15) is 5.11 Å². The highest BCUT2D eigenvalue weighted by atomic mass is 16.3. The summed E-state index contributed by atoms with van der Waals surface area (Å²) in [5, 5.41) is 9.94. The summed E-state index contributed by atoms with van der Waals surface area (Å²) in [7, 11) is 0. The molecule has 1 nitrogen and oxygen atoms in total. The molecule has 0 unspecified atom stereocenters. The Hall–Kier alpha value is -0.820. The van der Waals surface area contributed by atoms with Crippen LogP contribution in [0, 0.1) is 0 Å². The van der Waals surface area contributed by atoms with E-state index in [1.54, 1.807) is 0 Å². The summed E-state index contributed by atoms with van der Waals surface area (Å²) >= 11 is 0. The molecule has 3 rings (SSSR count). The van der Waals surface area contributed by atoms with E-state index in [-0.39, 0.29) is 5.60 Å². The summed E-state index contributed by atoms with van der Waals surface area (Å²) in [5.41, 5.74) is 2.47. The van der Waals surface area contributed by atoms with Crippen molar-refractivity contribution < 1.29 is 5.11 Å². The minimum absolute atomic E-state index is 0.353. The topological polar surface area (TPSA) is 20.2 Å². The first kappa shape index (κ1) is 10.3. The van der Waals surface area contributed by atoms with Gasteiger partial charge in [0.15, 0.2) is 0 Å². The fraction of sp³-hybridized carbons (Fsp3) is 0.600. The molecule has 86 valence electrons. The normalized spacial score (nSPS) is 23.6. The van der Waals surface area contributed by atoms with Crippen molar-refractivity contribution >= 4 is 0 Å². The largest absolute Gasteiger partial charge is 0.390 e. The molecule has 0 spiro atoms. The van der Waals surface area contributed by atoms with Crippen molar-refractivity contribution in [1.29, 1.82) is 0 Å². The van der Waals surface area contributed by atoms with E-state index in [0.29, 0.717) is 0 Å². The van der Waals surface area contributed by atoms with Crippen LogP contribution in [0.3, 0.4) is 0 Å². The molecule has 1 aromatic rings. The average molecular weight is 216 g/mol. The molecule has 0 radical (unpaired) electrons. The maximum absolute atomic E-state index is 9.94. The van der Waals surface area contributed by atoms with Crippen molar-refractivity contribution in [2.24, 2.45) is 0 Å². The lowest BCUT2D eigenvalue weighted by Gasteiger charge is -2.13. The number of aliphatic hydroxyl groups is 1. The van der Waals surface area contributed by atoms with Crippen LogP contribution in [0.2, 0.25) is 0 Å². The van der Waals surface area contributed by atoms with Gasteiger partial charge in [-0.05, 0) is 42.7 Å². The van der Waals surface area contributed by atoms with Crippen LogP contribution in [-0.4, -0.2) is 10.7 Å². The minimum atomic E-state index is -0.353. The number of hydrogen-bond donors (Lipinski definition) is 1. The SMILES string of the molecule is OC1(Cc2cccc(C3CCCC3)c2)CC1. The van der Waals surface area contributed by atoms with Crippen LogP contribution in [0.4, 0.5) is 0 Å². The smallest absolute Gasteiger partial charge is 0.0690 e. The molecule has 0 heterocycles. The number of hydrogen-bond acceptors (Lipinski definition) is 1. The van der Waals surface area contributed by atoms with Gasteiger partial charge >= 0.3 is 0 Å². The van der Waals surface area contributed by atoms with Crippen LogP contribution in [-0.2, 0) is 6.42 Å². The monoisotopic (exact) mass is 216 g/mol. The van der Waals surface area contributed by atoms with Gasteiger partial charge in [0, 0.05) is 6.42 Å². The maximum Gasteiger partial charge on any atom is 0.0690 e. The fourth-order valence-electron chi connectivity index (χ4n) is 2.92. The summed E-state index contributed by atoms with van der Waals surface area (Å²) < 4.78 is 0. The maximum atomic E-state index is 9.94. The van der Waals surface area contributed by atoms with Crippen molar-refractivity contribution in [3.8, 4) is 0 Å². The summed E-state index contributed by atoms with van der Waals surface area (Å²) in [5.74, 6) is 0.786. The number of rotatable bonds is 3. The first-order valence-corrected chi connectivity index (χ1v) is 6.56. The molecular formula is C15H20O. The van der Waals surface area contributed by atoms with Gasteiger partial charge in [-0.3, -0.25) is 0 Å². The second-order valence-electron chi connectivity index (χ2n) is 5.63. The molecule has 0 aliphatic heterocycles. The molecule has 1 N–H and O–H groups in total. The van der Waals surface area contributed by atoms with Gasteiger partial charge in [0.2, 0.25) is 0 Å². The van der Waals surface area contributed by atoms with Gasteiger partial charge in [-0.15, -0.1) is 0 Å². The van der Waals surface area contributed by atoms with Gasteiger partial charge in [-0.2, -0.15) is 0 Å². The summed E-state index contributed by atoms with van der Waals surface area (Å²) in [6, 6.07) is 8.91. The Balaban J connectivity index is 1.76. The van der Waals surface area contributed by atoms with E-state index in [0.717, 1.165) is 25.2 Å². The molecule has 0 amide bonds. The van der Waals surface area contributed by atoms with Gasteiger partial charge < -0.3 is 5.11 Å². The molecule has 0 bridgehead atoms. The fourth-order valence-corrected chi connectivity index (χ4v) is 2.92. The van der Waals surface area contributed by atoms with Crippen LogP contribution in [0.1, 0.15) is 55.6 Å². The Morgan fingerprint density at radius 3 is 2.62 bits per heavy atom. The molecule has 0 atom stereocenters. The molecule has 16 heavy (non-hydrogen) atoms. The second kappa shape index (κ2) is 3.89. The zero-order valence-electron chi connectivity index (χ0n) is 9.78. The third-order valence-electron chi connectivity index (χ3n) is 4.14. The molecule has 0 aromatic heterocycles. The highest BCUT2D eigenvalue weighted by Crippen LogP contribution is 2.39. The lowest BCUT2D eigenvalue weighted by atomic mass is 9.94. The molecular weight excluding hydrogens is 196 g/mol. The van der Waals surface area contributed by atoms with Crippen molar-refractivity contribution in [2.75, 3.05) is 0 Å². The minimum Gasteiger partial charge on any atom is -0.390 e. The van der Waals surface area contributed by atoms with Gasteiger partial charge in [0.05, 0.1) is 5.60 Å². The van der Waals surface area contributed by atoms with E-state index in [4.69, 9.17) is 0 Å². The first-order valence-electron chi connectivity index (χ1n) is 6.56. The molecule has 2 aliphatic carbocycles. The average Bonchev–Trinajstić information content (AvgIpc) is 2.84. The van der Waals surface area contributed by atoms with Crippen molar-refractivity contribution in [2.45, 2.75) is 56.5 Å². The van der Waals surface area contributed by atoms with Gasteiger partial charge in [-0.1, -0.05) is 37.1 Å². The molecule has 2 aliphatic rings. The standard InChI is InChI=1S/C15H20O/c16-15(8-9-15)11-12-4-3-7-14(10-12)13-5-1-2-6-13/h3-4,7,10,13,16H,1-2,5-6,8-9,11H2. The zero-order chi connectivity index (χ0) is 11.0. The predicted molar refractivity (Wildman–Crippen MR) is 65.5 cm³/mol. The quantitative estimate of drug-likeness (QED) is 0.821. The second-order valence-corrected chi connectivity index (χ2v) is 5.63. The van der Waals surface area contributed by atoms with Crippen molar-refractivity contribution in [3.05, 3.63) is 35.4 Å². The van der Waals surface area contributed by atoms with Crippen LogP contribution in [0.5, 0.6) is 0 Å². The summed E-state index contributed by atoms with van der Waals surface area (Å²) in [6.45, 7) is 0. The highest BCUT2D eigenvalue weighted by Gasteiger charge is 2.40. The van der Waals surface area contributed by atoms with Crippen LogP contribution in [0.25, 0.3) is 0 Å². The lowest BCUT2D eigenvalue weighted by Crippen LogP contribution is -2.10. The van der Waals surface area contributed by atoms with Crippen LogP contribution in [0.15, 0.2) is 24.3 Å². The zero-order valence-corrected chi connectivity index (χ0v) is 9.78. The van der Waals surface area contributed by atoms with E-state index in [2.05, 4.69) is 24.3 Å². The van der Waals surface area contributed by atoms with Gasteiger partial charge in [0.1, 0.15) is 0 Å². The number of benzene rings is 1. The van der Waals surface area contributed by atoms with Gasteiger partial charge in [-0.25, -0.2) is 0 Å². The Morgan fingerprint density at radius 2 is 1.94 bits per heavy atom. The third-order valence-corrected chi connectivity index (χ3v) is 4.14. The van der Waals surface area contributed by atoms with Crippen LogP contribution >= 0.6 is 0 Å². The predicted octanol–water partition coefficient (Wildman–Crippen LogP) is 3.41. The highest BCUT2D eigenvalue weighted by molar-refractivity contribution is 5.29. The van der Waals surface area contributed by atoms with E-state index >= 15 is 0 Å². The molecule has 2 saturated carbocycles. The van der Waals surface area contributed by atoms with E-state index in [1.807, 2.05) is 0 Å². The van der Waals surface area contributed by atoms with Crippen molar-refractivity contribution in [3.63, 3.8) is 0 Å². The van der Waals surface area contributed by atoms with Crippen LogP contribution < -0.4 is 0 Å². The summed E-state index contributed by atoms with van der Waals surface area (Å²) in [4.78, 5) is 0. The Kier molecular flexibility index (Phi) is 2.51. The lowest BCUT2D eigenvalue weighted by molar-refractivity contribution is 0.151. The Labute approximate surface area is 97.5 Å². The van der Waals surface area contributed by atoms with E-state index in [1.165, 1.54) is 36.8 Å². The Bertz CT molecular complexity index is 373. The van der Waals surface area contributed by atoms with Gasteiger partial charge in [0.25, 0.3) is 0 Å². The molecule has 2 fully saturated rings. The van der Waals surface area contributed by atoms with E-state index < -0.39 is 0 Å².